The van der Waals surface area contributed by atoms with Gasteiger partial charge in [0.2, 0.25) is 0 Å². The van der Waals surface area contributed by atoms with Crippen LogP contribution in [0.3, 0.4) is 0 Å². The number of amides is 1. The first kappa shape index (κ1) is 22.0. The summed E-state index contributed by atoms with van der Waals surface area (Å²) in [4.78, 5) is 15.1. The van der Waals surface area contributed by atoms with Crippen molar-refractivity contribution >= 4 is 21.6 Å². The van der Waals surface area contributed by atoms with E-state index in [-0.39, 0.29) is 22.6 Å². The summed E-state index contributed by atoms with van der Waals surface area (Å²) in [7, 11) is -2.22. The maximum Gasteiger partial charge on any atom is 0.287 e. The first-order chi connectivity index (χ1) is 14.2. The fourth-order valence-corrected chi connectivity index (χ4v) is 4.29. The number of fused-ring (bicyclic) bond motifs is 1. The van der Waals surface area contributed by atoms with E-state index in [1.54, 1.807) is 26.2 Å². The van der Waals surface area contributed by atoms with Gasteiger partial charge in [0.15, 0.2) is 5.76 Å². The third-order valence-corrected chi connectivity index (χ3v) is 6.18. The quantitative estimate of drug-likeness (QED) is 0.653. The number of hydrogen-bond acceptors (Lipinski definition) is 6. The van der Waals surface area contributed by atoms with Gasteiger partial charge in [-0.2, -0.15) is 18.4 Å². The molecule has 0 radical (unpaired) electrons. The van der Waals surface area contributed by atoms with Gasteiger partial charge in [-0.1, -0.05) is 17.7 Å². The lowest BCUT2D eigenvalue weighted by Crippen LogP contribution is -2.35. The molecular formula is C21H27N3O5S. The van der Waals surface area contributed by atoms with Crippen LogP contribution in [0, 0.1) is 13.8 Å². The predicted octanol–water partition coefficient (Wildman–Crippen LogP) is 2.68. The standard InChI is InChI=1S/C21H27N3O5S/c1-13-8-10-16(11-9-13)30(26,27)24-23-17-6-5-7-18-19(17)15(3)20(29-18)21(25)22-14(2)12-28-4/h8-11,14,24H,5-7,12H2,1-4H3,(H,22,25)/b23-17+. The normalized spacial score (nSPS) is 16.2. The number of furan rings is 1. The number of methoxy groups -OCH3 is 1. The highest BCUT2D eigenvalue weighted by atomic mass is 32.2. The van der Waals surface area contributed by atoms with Gasteiger partial charge in [-0.25, -0.2) is 0 Å². The summed E-state index contributed by atoms with van der Waals surface area (Å²) in [5, 5.41) is 7.02. The molecule has 0 aliphatic heterocycles. The molecule has 8 nitrogen and oxygen atoms in total. The highest BCUT2D eigenvalue weighted by Crippen LogP contribution is 2.30. The number of hydrogen-bond donors (Lipinski definition) is 2. The molecule has 1 amide bonds. The molecule has 1 aliphatic carbocycles. The first-order valence-electron chi connectivity index (χ1n) is 9.80. The number of aryl methyl sites for hydroxylation is 2. The van der Waals surface area contributed by atoms with Gasteiger partial charge in [0.1, 0.15) is 5.76 Å². The fraction of sp³-hybridized carbons (Fsp3) is 0.429. The van der Waals surface area contributed by atoms with Crippen molar-refractivity contribution in [2.45, 2.75) is 51.0 Å². The molecule has 2 aromatic rings. The van der Waals surface area contributed by atoms with Crippen molar-refractivity contribution in [3.05, 3.63) is 52.5 Å². The molecule has 1 aromatic carbocycles. The van der Waals surface area contributed by atoms with Crippen molar-refractivity contribution in [3.8, 4) is 0 Å². The van der Waals surface area contributed by atoms with Gasteiger partial charge >= 0.3 is 0 Å². The summed E-state index contributed by atoms with van der Waals surface area (Å²) in [6.45, 7) is 5.90. The molecule has 0 fully saturated rings. The molecule has 1 aromatic heterocycles. The summed E-state index contributed by atoms with van der Waals surface area (Å²) in [5.41, 5.74) is 2.89. The number of carbonyl (C=O) groups excluding carboxylic acids is 1. The van der Waals surface area contributed by atoms with E-state index in [4.69, 9.17) is 9.15 Å². The number of carbonyl (C=O) groups is 1. The molecule has 162 valence electrons. The number of sulfonamides is 1. The lowest BCUT2D eigenvalue weighted by Gasteiger charge is -2.14. The Bertz CT molecular complexity index is 1060. The molecule has 1 heterocycles. The lowest BCUT2D eigenvalue weighted by atomic mass is 9.93. The van der Waals surface area contributed by atoms with Gasteiger partial charge in [0.25, 0.3) is 15.9 Å². The minimum Gasteiger partial charge on any atom is -0.455 e. The summed E-state index contributed by atoms with van der Waals surface area (Å²) in [5.74, 6) is 0.543. The van der Waals surface area contributed by atoms with Gasteiger partial charge in [-0.15, -0.1) is 0 Å². The number of nitrogens with one attached hydrogen (secondary N) is 2. The van der Waals surface area contributed by atoms with Gasteiger partial charge in [0, 0.05) is 30.7 Å². The van der Waals surface area contributed by atoms with Crippen LogP contribution in [0.4, 0.5) is 0 Å². The number of benzene rings is 1. The maximum atomic E-state index is 12.6. The molecule has 1 unspecified atom stereocenters. The van der Waals surface area contributed by atoms with Crippen LogP contribution in [-0.2, 0) is 21.2 Å². The van der Waals surface area contributed by atoms with Crippen molar-refractivity contribution < 1.29 is 22.4 Å². The van der Waals surface area contributed by atoms with E-state index in [0.29, 0.717) is 42.0 Å². The van der Waals surface area contributed by atoms with Crippen LogP contribution in [-0.4, -0.2) is 39.8 Å². The zero-order valence-electron chi connectivity index (χ0n) is 17.6. The zero-order valence-corrected chi connectivity index (χ0v) is 18.4. The van der Waals surface area contributed by atoms with Gasteiger partial charge in [-0.3, -0.25) is 4.79 Å². The van der Waals surface area contributed by atoms with Crippen molar-refractivity contribution in [1.29, 1.82) is 0 Å². The van der Waals surface area contributed by atoms with Crippen LogP contribution >= 0.6 is 0 Å². The van der Waals surface area contributed by atoms with Gasteiger partial charge in [-0.05, 0) is 45.7 Å². The van der Waals surface area contributed by atoms with Crippen LogP contribution in [0.1, 0.15) is 52.8 Å². The van der Waals surface area contributed by atoms with Crippen molar-refractivity contribution in [2.24, 2.45) is 5.10 Å². The molecule has 9 heteroatoms. The van der Waals surface area contributed by atoms with Crippen LogP contribution in [0.5, 0.6) is 0 Å². The van der Waals surface area contributed by atoms with E-state index < -0.39 is 10.0 Å². The molecule has 0 bridgehead atoms. The second-order valence-electron chi connectivity index (χ2n) is 7.50. The molecule has 1 atom stereocenters. The largest absolute Gasteiger partial charge is 0.455 e. The minimum atomic E-state index is -3.78. The van der Waals surface area contributed by atoms with E-state index in [1.165, 1.54) is 12.1 Å². The first-order valence-corrected chi connectivity index (χ1v) is 11.3. The van der Waals surface area contributed by atoms with E-state index in [9.17, 15) is 13.2 Å². The Balaban J connectivity index is 1.85. The zero-order chi connectivity index (χ0) is 21.9. The summed E-state index contributed by atoms with van der Waals surface area (Å²) in [6.07, 6.45) is 2.01. The van der Waals surface area contributed by atoms with E-state index >= 15 is 0 Å². The SMILES string of the molecule is COCC(C)NC(=O)c1oc2c(c1C)/C(=N/NS(=O)(=O)c1ccc(C)cc1)CCC2. The Kier molecular flexibility index (Phi) is 6.62. The summed E-state index contributed by atoms with van der Waals surface area (Å²) >= 11 is 0. The van der Waals surface area contributed by atoms with Crippen molar-refractivity contribution in [3.63, 3.8) is 0 Å². The van der Waals surface area contributed by atoms with Crippen LogP contribution in [0.25, 0.3) is 0 Å². The molecular weight excluding hydrogens is 406 g/mol. The number of nitrogens with zero attached hydrogens (tertiary/aromatic N) is 1. The molecule has 2 N–H and O–H groups in total. The monoisotopic (exact) mass is 433 g/mol. The lowest BCUT2D eigenvalue weighted by molar-refractivity contribution is 0.0875. The molecule has 0 saturated heterocycles. The van der Waals surface area contributed by atoms with Crippen molar-refractivity contribution in [1.82, 2.24) is 10.1 Å². The second kappa shape index (κ2) is 9.01. The summed E-state index contributed by atoms with van der Waals surface area (Å²) < 4.78 is 36.0. The minimum absolute atomic E-state index is 0.143. The predicted molar refractivity (Wildman–Crippen MR) is 113 cm³/mol. The Hall–Kier alpha value is -2.65. The van der Waals surface area contributed by atoms with Crippen LogP contribution < -0.4 is 10.1 Å². The highest BCUT2D eigenvalue weighted by Gasteiger charge is 2.28. The van der Waals surface area contributed by atoms with Crippen LogP contribution in [0.2, 0.25) is 0 Å². The molecule has 30 heavy (non-hydrogen) atoms. The van der Waals surface area contributed by atoms with E-state index in [0.717, 1.165) is 12.0 Å². The smallest absolute Gasteiger partial charge is 0.287 e. The maximum absolute atomic E-state index is 12.6. The number of hydrazone groups is 1. The molecule has 1 aliphatic rings. The third-order valence-electron chi connectivity index (χ3n) is 4.96. The second-order valence-corrected chi connectivity index (χ2v) is 9.16. The average molecular weight is 434 g/mol. The van der Waals surface area contributed by atoms with E-state index in [2.05, 4.69) is 15.2 Å². The Morgan fingerprint density at radius 2 is 1.93 bits per heavy atom. The Morgan fingerprint density at radius 3 is 2.60 bits per heavy atom. The number of rotatable bonds is 7. The Labute approximate surface area is 176 Å². The molecule has 0 spiro atoms. The topological polar surface area (TPSA) is 110 Å². The number of ether oxygens (including phenoxy) is 1. The van der Waals surface area contributed by atoms with Crippen molar-refractivity contribution in [2.75, 3.05) is 13.7 Å². The highest BCUT2D eigenvalue weighted by molar-refractivity contribution is 7.89. The van der Waals surface area contributed by atoms with Gasteiger partial charge < -0.3 is 14.5 Å². The molecule has 0 saturated carbocycles. The Morgan fingerprint density at radius 1 is 1.23 bits per heavy atom. The molecule has 3 rings (SSSR count). The van der Waals surface area contributed by atoms with Gasteiger partial charge in [0.05, 0.1) is 17.2 Å². The van der Waals surface area contributed by atoms with Crippen LogP contribution in [0.15, 0.2) is 38.7 Å². The average Bonchev–Trinajstić information content (AvgIpc) is 3.04. The van der Waals surface area contributed by atoms with E-state index in [1.807, 2.05) is 13.8 Å². The third kappa shape index (κ3) is 4.73. The fourth-order valence-electron chi connectivity index (χ4n) is 3.46. The summed E-state index contributed by atoms with van der Waals surface area (Å²) in [6, 6.07) is 6.37.